The fraction of sp³-hybridized carbons (Fsp3) is 0. The Labute approximate surface area is 98.7 Å². The monoisotopic (exact) mass is 221 g/mol. The lowest BCUT2D eigenvalue weighted by molar-refractivity contribution is 0.468. The van der Waals surface area contributed by atoms with E-state index >= 15 is 0 Å². The second-order valence-corrected chi connectivity index (χ2v) is 3.52. The van der Waals surface area contributed by atoms with E-state index in [4.69, 9.17) is 4.74 Å². The van der Waals surface area contributed by atoms with Crippen LogP contribution in [0.5, 0.6) is 11.6 Å². The van der Waals surface area contributed by atoms with Gasteiger partial charge in [-0.05, 0) is 30.3 Å². The molecule has 3 aromatic rings. The first-order valence-corrected chi connectivity index (χ1v) is 5.27. The van der Waals surface area contributed by atoms with Crippen LogP contribution in [0.15, 0.2) is 54.9 Å². The third-order valence-electron chi connectivity index (χ3n) is 2.41. The maximum absolute atomic E-state index is 5.72. The highest BCUT2D eigenvalue weighted by atomic mass is 16.5. The third kappa shape index (κ3) is 1.95. The van der Waals surface area contributed by atoms with Crippen molar-refractivity contribution in [2.45, 2.75) is 0 Å². The van der Waals surface area contributed by atoms with Gasteiger partial charge in [-0.25, -0.2) is 4.98 Å². The van der Waals surface area contributed by atoms with Crippen molar-refractivity contribution in [1.82, 2.24) is 9.97 Å². The van der Waals surface area contributed by atoms with E-state index in [1.165, 1.54) is 0 Å². The first-order valence-electron chi connectivity index (χ1n) is 5.27. The van der Waals surface area contributed by atoms with Crippen LogP contribution in [-0.2, 0) is 0 Å². The van der Waals surface area contributed by atoms with Gasteiger partial charge in [0.25, 0.3) is 0 Å². The molecule has 0 aliphatic carbocycles. The Morgan fingerprint density at radius 2 is 2.00 bits per heavy atom. The quantitative estimate of drug-likeness (QED) is 0.666. The molecule has 0 atom stereocenters. The van der Waals surface area contributed by atoms with Gasteiger partial charge in [0, 0.05) is 29.9 Å². The van der Waals surface area contributed by atoms with E-state index in [1.54, 1.807) is 24.5 Å². The fourth-order valence-electron chi connectivity index (χ4n) is 1.64. The Hall–Kier alpha value is -2.42. The van der Waals surface area contributed by atoms with E-state index in [2.05, 4.69) is 16.0 Å². The Kier molecular flexibility index (Phi) is 2.43. The van der Waals surface area contributed by atoms with Crippen molar-refractivity contribution in [3.63, 3.8) is 0 Å². The Morgan fingerprint density at radius 3 is 2.88 bits per heavy atom. The van der Waals surface area contributed by atoms with Crippen molar-refractivity contribution in [2.75, 3.05) is 0 Å². The maximum atomic E-state index is 5.72. The molecule has 3 rings (SSSR count). The highest BCUT2D eigenvalue weighted by Crippen LogP contribution is 2.27. The van der Waals surface area contributed by atoms with Gasteiger partial charge in [-0.2, -0.15) is 0 Å². The summed E-state index contributed by atoms with van der Waals surface area (Å²) in [5.41, 5.74) is 0.910. The van der Waals surface area contributed by atoms with Crippen LogP contribution < -0.4 is 4.74 Å². The third-order valence-corrected chi connectivity index (χ3v) is 2.41. The number of nitrogens with zero attached hydrogens (tertiary/aromatic N) is 2. The number of hydrogen-bond acceptors (Lipinski definition) is 3. The molecule has 0 aliphatic heterocycles. The van der Waals surface area contributed by atoms with Crippen molar-refractivity contribution in [3.8, 4) is 11.6 Å². The number of rotatable bonds is 2. The van der Waals surface area contributed by atoms with Gasteiger partial charge in [-0.15, -0.1) is 0 Å². The summed E-state index contributed by atoms with van der Waals surface area (Å²) in [7, 11) is 0. The van der Waals surface area contributed by atoms with E-state index in [9.17, 15) is 0 Å². The smallest absolute Gasteiger partial charge is 0.219 e. The molecule has 1 aromatic carbocycles. The predicted molar refractivity (Wildman–Crippen MR) is 64.9 cm³/mol. The zero-order valence-electron chi connectivity index (χ0n) is 9.00. The number of aromatic nitrogens is 2. The van der Waals surface area contributed by atoms with Crippen LogP contribution in [0.4, 0.5) is 0 Å². The van der Waals surface area contributed by atoms with Crippen LogP contribution in [0.1, 0.15) is 0 Å². The minimum atomic E-state index is 0.556. The Balaban J connectivity index is 2.06. The zero-order chi connectivity index (χ0) is 11.5. The fourth-order valence-corrected chi connectivity index (χ4v) is 1.64. The van der Waals surface area contributed by atoms with Crippen LogP contribution in [0.3, 0.4) is 0 Å². The summed E-state index contributed by atoms with van der Waals surface area (Å²) in [4.78, 5) is 8.36. The van der Waals surface area contributed by atoms with Crippen LogP contribution in [0.25, 0.3) is 10.9 Å². The number of ether oxygens (including phenoxy) is 1. The van der Waals surface area contributed by atoms with Crippen molar-refractivity contribution in [3.05, 3.63) is 60.9 Å². The molecule has 17 heavy (non-hydrogen) atoms. The minimum Gasteiger partial charge on any atom is -0.438 e. The molecule has 0 saturated carbocycles. The molecule has 81 valence electrons. The van der Waals surface area contributed by atoms with Crippen molar-refractivity contribution < 1.29 is 4.74 Å². The van der Waals surface area contributed by atoms with Gasteiger partial charge in [-0.3, -0.25) is 4.98 Å². The first kappa shape index (κ1) is 9.78. The van der Waals surface area contributed by atoms with Gasteiger partial charge < -0.3 is 4.74 Å². The van der Waals surface area contributed by atoms with Crippen LogP contribution >= 0.6 is 0 Å². The molecule has 0 saturated heterocycles. The lowest BCUT2D eigenvalue weighted by atomic mass is 10.2. The molecule has 2 heterocycles. The summed E-state index contributed by atoms with van der Waals surface area (Å²) >= 11 is 0. The highest BCUT2D eigenvalue weighted by molar-refractivity contribution is 5.85. The van der Waals surface area contributed by atoms with Gasteiger partial charge in [0.05, 0.1) is 5.52 Å². The van der Waals surface area contributed by atoms with Gasteiger partial charge in [0.15, 0.2) is 0 Å². The largest absolute Gasteiger partial charge is 0.438 e. The SMILES string of the molecule is [c]1ccc(Oc2cccc3ncccc23)nc1. The van der Waals surface area contributed by atoms with Gasteiger partial charge in [0.1, 0.15) is 5.75 Å². The number of pyridine rings is 2. The van der Waals surface area contributed by atoms with Crippen molar-refractivity contribution in [2.24, 2.45) is 0 Å². The van der Waals surface area contributed by atoms with E-state index in [0.717, 1.165) is 16.7 Å². The van der Waals surface area contributed by atoms with Gasteiger partial charge in [-0.1, -0.05) is 6.07 Å². The summed E-state index contributed by atoms with van der Waals surface area (Å²) in [6.07, 6.45) is 3.35. The van der Waals surface area contributed by atoms with E-state index < -0.39 is 0 Å². The van der Waals surface area contributed by atoms with E-state index in [1.807, 2.05) is 30.3 Å². The van der Waals surface area contributed by atoms with Crippen LogP contribution in [0, 0.1) is 6.07 Å². The van der Waals surface area contributed by atoms with E-state index in [0.29, 0.717) is 5.88 Å². The van der Waals surface area contributed by atoms with Gasteiger partial charge >= 0.3 is 0 Å². The lowest BCUT2D eigenvalue weighted by Gasteiger charge is -2.06. The lowest BCUT2D eigenvalue weighted by Crippen LogP contribution is -1.88. The summed E-state index contributed by atoms with van der Waals surface area (Å²) < 4.78 is 5.72. The summed E-state index contributed by atoms with van der Waals surface area (Å²) in [6, 6.07) is 16.0. The van der Waals surface area contributed by atoms with E-state index in [-0.39, 0.29) is 0 Å². The van der Waals surface area contributed by atoms with Crippen molar-refractivity contribution in [1.29, 1.82) is 0 Å². The maximum Gasteiger partial charge on any atom is 0.219 e. The number of benzene rings is 1. The molecule has 3 nitrogen and oxygen atoms in total. The minimum absolute atomic E-state index is 0.556. The molecular weight excluding hydrogens is 212 g/mol. The molecule has 0 unspecified atom stereocenters. The molecule has 0 aliphatic rings. The number of fused-ring (bicyclic) bond motifs is 1. The molecule has 2 aromatic heterocycles. The second kappa shape index (κ2) is 4.22. The number of hydrogen-bond donors (Lipinski definition) is 0. The van der Waals surface area contributed by atoms with Gasteiger partial charge in [0.2, 0.25) is 5.88 Å². The van der Waals surface area contributed by atoms with Crippen LogP contribution in [0.2, 0.25) is 0 Å². The normalized spacial score (nSPS) is 10.4. The highest BCUT2D eigenvalue weighted by Gasteiger charge is 2.03. The zero-order valence-corrected chi connectivity index (χ0v) is 9.00. The molecular formula is C14H9N2O. The first-order chi connectivity index (χ1) is 8.43. The molecule has 0 N–H and O–H groups in total. The Bertz CT molecular complexity index is 633. The van der Waals surface area contributed by atoms with Crippen LogP contribution in [-0.4, -0.2) is 9.97 Å². The summed E-state index contributed by atoms with van der Waals surface area (Å²) in [5.74, 6) is 1.31. The molecule has 3 heteroatoms. The molecule has 0 amide bonds. The molecule has 0 spiro atoms. The molecule has 0 bridgehead atoms. The van der Waals surface area contributed by atoms with Crippen molar-refractivity contribution >= 4 is 10.9 Å². The summed E-state index contributed by atoms with van der Waals surface area (Å²) in [5, 5.41) is 0.977. The topological polar surface area (TPSA) is 35.0 Å². The predicted octanol–water partition coefficient (Wildman–Crippen LogP) is 3.22. The molecule has 0 fully saturated rings. The Morgan fingerprint density at radius 1 is 1.00 bits per heavy atom. The molecule has 1 radical (unpaired) electrons. The average Bonchev–Trinajstić information content (AvgIpc) is 2.40. The summed E-state index contributed by atoms with van der Waals surface area (Å²) in [6.45, 7) is 0. The average molecular weight is 221 g/mol. The standard InChI is InChI=1S/C14H9N2O/c1-2-9-16-14(8-1)17-13-7-3-6-12-11(13)5-4-10-15-12/h1,3-10H. The second-order valence-electron chi connectivity index (χ2n) is 3.52.